The van der Waals surface area contributed by atoms with Crippen LogP contribution in [0.4, 0.5) is 0 Å². The van der Waals surface area contributed by atoms with E-state index in [1.807, 2.05) is 23.1 Å². The van der Waals surface area contributed by atoms with Crippen molar-refractivity contribution in [3.8, 4) is 11.5 Å². The van der Waals surface area contributed by atoms with Gasteiger partial charge in [-0.25, -0.2) is 0 Å². The smallest absolute Gasteiger partial charge is 0.272 e. The number of quaternary nitrogens is 1. The average Bonchev–Trinajstić information content (AvgIpc) is 3.10. The minimum absolute atomic E-state index is 0.0257. The fraction of sp³-hybridized carbons (Fsp3) is 0.333. The standard InChI is InChI=1S/C18H19N3O3/c22-18(15-3-1-2-6-19-15)21-9-7-20(8-10-21)12-14-4-5-16-17(11-14)24-13-23-16/h1-6,11H,7-10,12-13H2/p+1. The molecule has 124 valence electrons. The largest absolute Gasteiger partial charge is 0.454 e. The Hall–Kier alpha value is -2.60. The van der Waals surface area contributed by atoms with Crippen molar-refractivity contribution in [1.29, 1.82) is 0 Å². The lowest BCUT2D eigenvalue weighted by Gasteiger charge is -2.32. The van der Waals surface area contributed by atoms with E-state index < -0.39 is 0 Å². The summed E-state index contributed by atoms with van der Waals surface area (Å²) in [5.41, 5.74) is 1.76. The number of carbonyl (C=O) groups is 1. The maximum atomic E-state index is 12.4. The summed E-state index contributed by atoms with van der Waals surface area (Å²) in [4.78, 5) is 19.9. The Morgan fingerprint density at radius 1 is 1.12 bits per heavy atom. The third-order valence-electron chi connectivity index (χ3n) is 4.53. The third kappa shape index (κ3) is 3.05. The number of hydrogen-bond acceptors (Lipinski definition) is 4. The molecule has 0 unspecified atom stereocenters. The van der Waals surface area contributed by atoms with Crippen molar-refractivity contribution in [3.05, 3.63) is 53.9 Å². The summed E-state index contributed by atoms with van der Waals surface area (Å²) in [6.07, 6.45) is 1.66. The fourth-order valence-electron chi connectivity index (χ4n) is 3.19. The number of pyridine rings is 1. The molecule has 0 atom stereocenters. The Labute approximate surface area is 140 Å². The number of ether oxygens (including phenoxy) is 2. The molecule has 0 saturated carbocycles. The van der Waals surface area contributed by atoms with Crippen LogP contribution in [0, 0.1) is 0 Å². The molecule has 3 heterocycles. The van der Waals surface area contributed by atoms with Gasteiger partial charge in [0.15, 0.2) is 11.5 Å². The molecule has 6 nitrogen and oxygen atoms in total. The Morgan fingerprint density at radius 3 is 2.75 bits per heavy atom. The molecular weight excluding hydrogens is 306 g/mol. The summed E-state index contributed by atoms with van der Waals surface area (Å²) in [6, 6.07) is 11.6. The van der Waals surface area contributed by atoms with Gasteiger partial charge in [0.2, 0.25) is 6.79 Å². The monoisotopic (exact) mass is 326 g/mol. The molecule has 1 aromatic heterocycles. The second-order valence-electron chi connectivity index (χ2n) is 6.12. The zero-order chi connectivity index (χ0) is 16.4. The van der Waals surface area contributed by atoms with Crippen LogP contribution in [0.2, 0.25) is 0 Å². The number of fused-ring (bicyclic) bond motifs is 1. The minimum atomic E-state index is 0.0257. The van der Waals surface area contributed by atoms with Crippen LogP contribution in [0.15, 0.2) is 42.6 Å². The Kier molecular flexibility index (Phi) is 4.04. The first-order chi connectivity index (χ1) is 11.8. The van der Waals surface area contributed by atoms with E-state index in [9.17, 15) is 4.79 Å². The highest BCUT2D eigenvalue weighted by Crippen LogP contribution is 2.32. The Bertz CT molecular complexity index is 728. The fourth-order valence-corrected chi connectivity index (χ4v) is 3.19. The highest BCUT2D eigenvalue weighted by atomic mass is 16.7. The third-order valence-corrected chi connectivity index (χ3v) is 4.53. The van der Waals surface area contributed by atoms with Gasteiger partial charge < -0.3 is 19.3 Å². The molecule has 2 aliphatic rings. The van der Waals surface area contributed by atoms with Crippen LogP contribution in [0.5, 0.6) is 11.5 Å². The average molecular weight is 326 g/mol. The molecule has 1 fully saturated rings. The quantitative estimate of drug-likeness (QED) is 0.884. The second-order valence-corrected chi connectivity index (χ2v) is 6.12. The SMILES string of the molecule is O=C(c1ccccn1)N1CC[NH+](Cc2ccc3c(c2)OCO3)CC1. The first-order valence-corrected chi connectivity index (χ1v) is 8.22. The van der Waals surface area contributed by atoms with Crippen molar-refractivity contribution >= 4 is 5.91 Å². The van der Waals surface area contributed by atoms with Crippen LogP contribution < -0.4 is 14.4 Å². The molecule has 1 aromatic carbocycles. The Balaban J connectivity index is 1.34. The zero-order valence-corrected chi connectivity index (χ0v) is 13.4. The van der Waals surface area contributed by atoms with Crippen molar-refractivity contribution < 1.29 is 19.2 Å². The van der Waals surface area contributed by atoms with Crippen molar-refractivity contribution in [1.82, 2.24) is 9.88 Å². The van der Waals surface area contributed by atoms with Crippen LogP contribution in [-0.2, 0) is 6.54 Å². The molecule has 0 aliphatic carbocycles. The van der Waals surface area contributed by atoms with Gasteiger partial charge in [-0.15, -0.1) is 0 Å². The van der Waals surface area contributed by atoms with Crippen LogP contribution in [0.3, 0.4) is 0 Å². The number of aromatic nitrogens is 1. The molecule has 4 rings (SSSR count). The predicted octanol–water partition coefficient (Wildman–Crippen LogP) is 0.351. The van der Waals surface area contributed by atoms with Gasteiger partial charge in [0, 0.05) is 11.8 Å². The van der Waals surface area contributed by atoms with Gasteiger partial charge in [0.1, 0.15) is 12.2 Å². The van der Waals surface area contributed by atoms with Gasteiger partial charge in [0.25, 0.3) is 5.91 Å². The first-order valence-electron chi connectivity index (χ1n) is 8.22. The minimum Gasteiger partial charge on any atom is -0.454 e. The van der Waals surface area contributed by atoms with Gasteiger partial charge in [-0.05, 0) is 30.3 Å². The van der Waals surface area contributed by atoms with E-state index in [-0.39, 0.29) is 5.91 Å². The Morgan fingerprint density at radius 2 is 1.96 bits per heavy atom. The molecule has 1 amide bonds. The lowest BCUT2D eigenvalue weighted by atomic mass is 10.1. The number of hydrogen-bond donors (Lipinski definition) is 1. The molecule has 2 aromatic rings. The van der Waals surface area contributed by atoms with E-state index in [0.29, 0.717) is 12.5 Å². The van der Waals surface area contributed by atoms with Crippen LogP contribution in [0.1, 0.15) is 16.1 Å². The van der Waals surface area contributed by atoms with Crippen molar-refractivity contribution in [2.24, 2.45) is 0 Å². The van der Waals surface area contributed by atoms with Crippen molar-refractivity contribution in [2.75, 3.05) is 33.0 Å². The van der Waals surface area contributed by atoms with E-state index in [1.165, 1.54) is 10.5 Å². The molecule has 24 heavy (non-hydrogen) atoms. The summed E-state index contributed by atoms with van der Waals surface area (Å²) in [5, 5.41) is 0. The van der Waals surface area contributed by atoms with Crippen LogP contribution in [-0.4, -0.2) is 48.8 Å². The number of nitrogens with zero attached hydrogens (tertiary/aromatic N) is 2. The summed E-state index contributed by atoms with van der Waals surface area (Å²) < 4.78 is 10.8. The van der Waals surface area contributed by atoms with Crippen LogP contribution >= 0.6 is 0 Å². The predicted molar refractivity (Wildman–Crippen MR) is 87.1 cm³/mol. The maximum Gasteiger partial charge on any atom is 0.272 e. The number of benzene rings is 1. The van der Waals surface area contributed by atoms with Crippen molar-refractivity contribution in [2.45, 2.75) is 6.54 Å². The lowest BCUT2D eigenvalue weighted by Crippen LogP contribution is -3.13. The molecule has 6 heteroatoms. The first kappa shape index (κ1) is 15.0. The molecule has 0 bridgehead atoms. The topological polar surface area (TPSA) is 56.1 Å². The molecule has 2 aliphatic heterocycles. The van der Waals surface area contributed by atoms with Crippen molar-refractivity contribution in [3.63, 3.8) is 0 Å². The molecule has 0 spiro atoms. The van der Waals surface area contributed by atoms with Gasteiger partial charge in [-0.2, -0.15) is 0 Å². The van der Waals surface area contributed by atoms with Gasteiger partial charge in [-0.1, -0.05) is 6.07 Å². The van der Waals surface area contributed by atoms with E-state index in [0.717, 1.165) is 44.2 Å². The molecular formula is C18H20N3O3+. The van der Waals surface area contributed by atoms with E-state index in [4.69, 9.17) is 9.47 Å². The molecule has 1 N–H and O–H groups in total. The number of amides is 1. The number of rotatable bonds is 3. The number of piperazine rings is 1. The molecule has 0 radical (unpaired) electrons. The van der Waals surface area contributed by atoms with Gasteiger partial charge in [-0.3, -0.25) is 9.78 Å². The summed E-state index contributed by atoms with van der Waals surface area (Å²) in [7, 11) is 0. The summed E-state index contributed by atoms with van der Waals surface area (Å²) in [5.74, 6) is 1.67. The van der Waals surface area contributed by atoms with E-state index in [2.05, 4.69) is 17.1 Å². The normalized spacial score (nSPS) is 17.1. The number of carbonyl (C=O) groups excluding carboxylic acids is 1. The van der Waals surface area contributed by atoms with Crippen LogP contribution in [0.25, 0.3) is 0 Å². The summed E-state index contributed by atoms with van der Waals surface area (Å²) in [6.45, 7) is 4.63. The summed E-state index contributed by atoms with van der Waals surface area (Å²) >= 11 is 0. The highest BCUT2D eigenvalue weighted by molar-refractivity contribution is 5.92. The lowest BCUT2D eigenvalue weighted by molar-refractivity contribution is -0.917. The number of nitrogens with one attached hydrogen (secondary N) is 1. The highest BCUT2D eigenvalue weighted by Gasteiger charge is 2.25. The maximum absolute atomic E-state index is 12.4. The van der Waals surface area contributed by atoms with E-state index >= 15 is 0 Å². The second kappa shape index (κ2) is 6.49. The van der Waals surface area contributed by atoms with Gasteiger partial charge in [0.05, 0.1) is 26.2 Å². The van der Waals surface area contributed by atoms with Gasteiger partial charge >= 0.3 is 0 Å². The molecule has 1 saturated heterocycles. The zero-order valence-electron chi connectivity index (χ0n) is 13.4. The van der Waals surface area contributed by atoms with E-state index in [1.54, 1.807) is 12.3 Å².